The molecule has 35 heavy (non-hydrogen) atoms. The Kier molecular flexibility index (Phi) is 7.12. The summed E-state index contributed by atoms with van der Waals surface area (Å²) in [4.78, 5) is 36.1. The third-order valence-corrected chi connectivity index (χ3v) is 5.78. The summed E-state index contributed by atoms with van der Waals surface area (Å²) in [7, 11) is 0. The molecule has 0 aliphatic carbocycles. The SMILES string of the molecule is CC(OC(=O)C=Cc1cn(-c2ccccc2)nc1-c1cccs1)C(=O)Nc1cccc([N+](=O)[O-])c1. The van der Waals surface area contributed by atoms with Gasteiger partial charge >= 0.3 is 5.97 Å². The summed E-state index contributed by atoms with van der Waals surface area (Å²) in [6.45, 7) is 1.42. The fraction of sp³-hybridized carbons (Fsp3) is 0.0800. The van der Waals surface area contributed by atoms with Crippen molar-refractivity contribution in [2.45, 2.75) is 13.0 Å². The molecule has 0 spiro atoms. The molecule has 0 saturated heterocycles. The lowest BCUT2D eigenvalue weighted by Crippen LogP contribution is -2.29. The number of esters is 1. The molecule has 2 aromatic carbocycles. The van der Waals surface area contributed by atoms with Gasteiger partial charge in [0.05, 0.1) is 15.5 Å². The molecule has 2 heterocycles. The van der Waals surface area contributed by atoms with Gasteiger partial charge in [0.1, 0.15) is 5.69 Å². The molecule has 4 aromatic rings. The van der Waals surface area contributed by atoms with Gasteiger partial charge < -0.3 is 10.1 Å². The highest BCUT2D eigenvalue weighted by atomic mass is 32.1. The predicted octanol–water partition coefficient (Wildman–Crippen LogP) is 5.09. The molecule has 1 unspecified atom stereocenters. The average molecular weight is 489 g/mol. The van der Waals surface area contributed by atoms with Crippen LogP contribution in [0.15, 0.2) is 84.4 Å². The number of carbonyl (C=O) groups excluding carboxylic acids is 2. The van der Waals surface area contributed by atoms with Crippen molar-refractivity contribution in [3.8, 4) is 16.3 Å². The van der Waals surface area contributed by atoms with Crippen molar-refractivity contribution >= 4 is 40.7 Å². The van der Waals surface area contributed by atoms with Gasteiger partial charge in [-0.3, -0.25) is 14.9 Å². The molecule has 0 radical (unpaired) electrons. The van der Waals surface area contributed by atoms with Crippen LogP contribution in [0.2, 0.25) is 0 Å². The number of non-ortho nitro benzene ring substituents is 1. The number of carbonyl (C=O) groups is 2. The molecule has 0 aliphatic heterocycles. The number of anilines is 1. The number of para-hydroxylation sites is 1. The van der Waals surface area contributed by atoms with Crippen molar-refractivity contribution in [2.75, 3.05) is 5.32 Å². The van der Waals surface area contributed by atoms with Crippen molar-refractivity contribution in [3.63, 3.8) is 0 Å². The van der Waals surface area contributed by atoms with E-state index in [2.05, 4.69) is 10.4 Å². The van der Waals surface area contributed by atoms with E-state index in [0.717, 1.165) is 10.6 Å². The van der Waals surface area contributed by atoms with E-state index >= 15 is 0 Å². The van der Waals surface area contributed by atoms with Gasteiger partial charge in [-0.05, 0) is 42.6 Å². The van der Waals surface area contributed by atoms with E-state index in [1.54, 1.807) is 10.8 Å². The molecule has 0 fully saturated rings. The van der Waals surface area contributed by atoms with Gasteiger partial charge in [-0.2, -0.15) is 5.10 Å². The largest absolute Gasteiger partial charge is 0.449 e. The van der Waals surface area contributed by atoms with E-state index in [1.807, 2.05) is 54.0 Å². The van der Waals surface area contributed by atoms with Crippen LogP contribution >= 0.6 is 11.3 Å². The van der Waals surface area contributed by atoms with E-state index in [9.17, 15) is 19.7 Å². The topological polar surface area (TPSA) is 116 Å². The fourth-order valence-electron chi connectivity index (χ4n) is 3.19. The minimum absolute atomic E-state index is 0.159. The zero-order valence-corrected chi connectivity index (χ0v) is 19.3. The first-order chi connectivity index (χ1) is 16.9. The van der Waals surface area contributed by atoms with Crippen molar-refractivity contribution < 1.29 is 19.2 Å². The zero-order chi connectivity index (χ0) is 24.8. The summed E-state index contributed by atoms with van der Waals surface area (Å²) < 4.78 is 6.94. The Bertz CT molecular complexity index is 1380. The predicted molar refractivity (Wildman–Crippen MR) is 133 cm³/mol. The third kappa shape index (κ3) is 5.87. The molecule has 1 atom stereocenters. The fourth-order valence-corrected chi connectivity index (χ4v) is 3.92. The van der Waals surface area contributed by atoms with Crippen molar-refractivity contribution in [2.24, 2.45) is 0 Å². The highest BCUT2D eigenvalue weighted by Gasteiger charge is 2.18. The van der Waals surface area contributed by atoms with Crippen molar-refractivity contribution in [1.29, 1.82) is 0 Å². The zero-order valence-electron chi connectivity index (χ0n) is 18.5. The van der Waals surface area contributed by atoms with Crippen LogP contribution in [0.5, 0.6) is 0 Å². The molecule has 9 nitrogen and oxygen atoms in total. The molecule has 10 heteroatoms. The maximum Gasteiger partial charge on any atom is 0.331 e. The average Bonchev–Trinajstić information content (AvgIpc) is 3.53. The Morgan fingerprint density at radius 3 is 2.66 bits per heavy atom. The lowest BCUT2D eigenvalue weighted by atomic mass is 10.2. The number of nitrogens with one attached hydrogen (secondary N) is 1. The Labute approximate surface area is 204 Å². The minimum atomic E-state index is -1.12. The second-order valence-corrected chi connectivity index (χ2v) is 8.35. The van der Waals surface area contributed by atoms with E-state index in [-0.39, 0.29) is 11.4 Å². The number of benzene rings is 2. The molecule has 0 bridgehead atoms. The monoisotopic (exact) mass is 488 g/mol. The van der Waals surface area contributed by atoms with Crippen LogP contribution in [0.25, 0.3) is 22.3 Å². The van der Waals surface area contributed by atoms with Crippen LogP contribution in [-0.4, -0.2) is 32.7 Å². The standard InChI is InChI=1S/C25H20N4O5S/c1-17(25(31)26-19-7-5-10-21(15-19)29(32)33)34-23(30)13-12-18-16-28(20-8-3-2-4-9-20)27-24(18)22-11-6-14-35-22/h2-17H,1H3,(H,26,31). The lowest BCUT2D eigenvalue weighted by Gasteiger charge is -2.12. The smallest absolute Gasteiger partial charge is 0.331 e. The second kappa shape index (κ2) is 10.6. The molecular weight excluding hydrogens is 468 g/mol. The summed E-state index contributed by atoms with van der Waals surface area (Å²) in [5.41, 5.74) is 2.37. The number of hydrogen-bond acceptors (Lipinski definition) is 7. The molecular formula is C25H20N4O5S. The summed E-state index contributed by atoms with van der Waals surface area (Å²) in [6.07, 6.45) is 3.53. The van der Waals surface area contributed by atoms with Crippen LogP contribution in [0, 0.1) is 10.1 Å². The van der Waals surface area contributed by atoms with E-state index in [1.165, 1.54) is 48.6 Å². The lowest BCUT2D eigenvalue weighted by molar-refractivity contribution is -0.384. The number of nitro groups is 1. The summed E-state index contributed by atoms with van der Waals surface area (Å²) >= 11 is 1.53. The Hall–Kier alpha value is -4.57. The number of nitrogens with zero attached hydrogens (tertiary/aromatic N) is 3. The van der Waals surface area contributed by atoms with Gasteiger partial charge in [-0.25, -0.2) is 9.48 Å². The maximum atomic E-state index is 12.4. The van der Waals surface area contributed by atoms with Gasteiger partial charge in [0.25, 0.3) is 11.6 Å². The number of amides is 1. The van der Waals surface area contributed by atoms with Crippen LogP contribution in [0.1, 0.15) is 12.5 Å². The number of thiophene rings is 1. The number of aromatic nitrogens is 2. The Morgan fingerprint density at radius 2 is 1.94 bits per heavy atom. The first kappa shape index (κ1) is 23.6. The van der Waals surface area contributed by atoms with Gasteiger partial charge in [-0.15, -0.1) is 11.3 Å². The van der Waals surface area contributed by atoms with Crippen LogP contribution in [0.4, 0.5) is 11.4 Å². The van der Waals surface area contributed by atoms with Gasteiger partial charge in [0.2, 0.25) is 0 Å². The molecule has 4 rings (SSSR count). The number of rotatable bonds is 8. The molecule has 176 valence electrons. The highest BCUT2D eigenvalue weighted by Crippen LogP contribution is 2.28. The van der Waals surface area contributed by atoms with Gasteiger partial charge in [-0.1, -0.05) is 30.3 Å². The van der Waals surface area contributed by atoms with E-state index in [4.69, 9.17) is 4.74 Å². The van der Waals surface area contributed by atoms with Crippen LogP contribution < -0.4 is 5.32 Å². The minimum Gasteiger partial charge on any atom is -0.449 e. The van der Waals surface area contributed by atoms with Crippen LogP contribution in [-0.2, 0) is 14.3 Å². The third-order valence-electron chi connectivity index (χ3n) is 4.90. The Morgan fingerprint density at radius 1 is 1.14 bits per heavy atom. The summed E-state index contributed by atoms with van der Waals surface area (Å²) in [6, 6.07) is 19.0. The second-order valence-electron chi connectivity index (χ2n) is 7.40. The number of hydrogen-bond donors (Lipinski definition) is 1. The molecule has 2 aromatic heterocycles. The van der Waals surface area contributed by atoms with E-state index < -0.39 is 22.9 Å². The van der Waals surface area contributed by atoms with Gasteiger partial charge in [0, 0.05) is 35.7 Å². The van der Waals surface area contributed by atoms with Gasteiger partial charge in [0.15, 0.2) is 6.10 Å². The van der Waals surface area contributed by atoms with E-state index in [0.29, 0.717) is 11.3 Å². The first-order valence-corrected chi connectivity index (χ1v) is 11.4. The van der Waals surface area contributed by atoms with Crippen molar-refractivity contribution in [1.82, 2.24) is 9.78 Å². The molecule has 0 saturated carbocycles. The Balaban J connectivity index is 1.45. The number of nitro benzene ring substituents is 1. The summed E-state index contributed by atoms with van der Waals surface area (Å²) in [5.74, 6) is -1.32. The highest BCUT2D eigenvalue weighted by molar-refractivity contribution is 7.13. The van der Waals surface area contributed by atoms with Crippen molar-refractivity contribution in [3.05, 3.63) is 100 Å². The van der Waals surface area contributed by atoms with Crippen LogP contribution in [0.3, 0.4) is 0 Å². The molecule has 1 amide bonds. The summed E-state index contributed by atoms with van der Waals surface area (Å²) in [5, 5.41) is 20.0. The maximum absolute atomic E-state index is 12.4. The first-order valence-electron chi connectivity index (χ1n) is 10.5. The number of ether oxygens (including phenoxy) is 1. The quantitative estimate of drug-likeness (QED) is 0.160. The molecule has 1 N–H and O–H groups in total. The molecule has 0 aliphatic rings. The normalized spacial score (nSPS) is 11.8.